The van der Waals surface area contributed by atoms with Gasteiger partial charge in [-0.05, 0) is 37.1 Å². The van der Waals surface area contributed by atoms with Crippen molar-refractivity contribution in [1.29, 1.82) is 0 Å². The van der Waals surface area contributed by atoms with Crippen molar-refractivity contribution in [1.82, 2.24) is 25.0 Å². The quantitative estimate of drug-likeness (QED) is 0.740. The number of carbonyl (C=O) groups is 1. The zero-order valence-electron chi connectivity index (χ0n) is 13.4. The summed E-state index contributed by atoms with van der Waals surface area (Å²) in [5.41, 5.74) is 1.16. The molecule has 8 heteroatoms. The Bertz CT molecular complexity index is 860. The van der Waals surface area contributed by atoms with Crippen LogP contribution in [0, 0.1) is 5.95 Å². The summed E-state index contributed by atoms with van der Waals surface area (Å²) in [4.78, 5) is 25.3. The lowest BCUT2D eigenvalue weighted by molar-refractivity contribution is 0.0695. The first-order valence-corrected chi connectivity index (χ1v) is 8.09. The van der Waals surface area contributed by atoms with Crippen LogP contribution in [0.25, 0.3) is 11.5 Å². The van der Waals surface area contributed by atoms with Gasteiger partial charge in [0.05, 0.1) is 17.2 Å². The largest absolute Gasteiger partial charge is 0.359 e. The van der Waals surface area contributed by atoms with Crippen molar-refractivity contribution in [2.75, 3.05) is 13.1 Å². The van der Waals surface area contributed by atoms with Gasteiger partial charge in [0.2, 0.25) is 17.7 Å². The topological polar surface area (TPSA) is 87.9 Å². The van der Waals surface area contributed by atoms with Crippen LogP contribution in [0.3, 0.4) is 0 Å². The number of nitrogens with zero attached hydrogens (tertiary/aromatic N) is 4. The Morgan fingerprint density at radius 2 is 2.28 bits per heavy atom. The lowest BCUT2D eigenvalue weighted by Gasteiger charge is -2.31. The second-order valence-corrected chi connectivity index (χ2v) is 6.00. The maximum absolute atomic E-state index is 12.9. The molecule has 7 nitrogen and oxygen atoms in total. The van der Waals surface area contributed by atoms with Crippen LogP contribution in [0.2, 0.25) is 0 Å². The molecule has 1 aliphatic heterocycles. The molecule has 0 saturated carbocycles. The highest BCUT2D eigenvalue weighted by atomic mass is 19.1. The first-order valence-electron chi connectivity index (χ1n) is 8.09. The fourth-order valence-electron chi connectivity index (χ4n) is 3.03. The van der Waals surface area contributed by atoms with Crippen LogP contribution in [0.1, 0.15) is 35.0 Å². The van der Waals surface area contributed by atoms with E-state index in [0.29, 0.717) is 30.4 Å². The zero-order valence-corrected chi connectivity index (χ0v) is 13.4. The minimum atomic E-state index is -0.601. The third kappa shape index (κ3) is 3.15. The third-order valence-corrected chi connectivity index (χ3v) is 4.31. The zero-order chi connectivity index (χ0) is 17.2. The van der Waals surface area contributed by atoms with Gasteiger partial charge in [0.1, 0.15) is 0 Å². The molecular formula is C17H16FN5O2. The van der Waals surface area contributed by atoms with E-state index in [1.54, 1.807) is 11.1 Å². The van der Waals surface area contributed by atoms with E-state index in [9.17, 15) is 9.18 Å². The second kappa shape index (κ2) is 6.46. The molecule has 1 saturated heterocycles. The Morgan fingerprint density at radius 1 is 1.36 bits per heavy atom. The first-order chi connectivity index (χ1) is 12.2. The number of hydrogen-bond acceptors (Lipinski definition) is 5. The van der Waals surface area contributed by atoms with Crippen molar-refractivity contribution in [3.8, 4) is 11.5 Å². The van der Waals surface area contributed by atoms with Crippen molar-refractivity contribution in [3.63, 3.8) is 0 Å². The molecule has 3 aromatic heterocycles. The molecule has 0 radical (unpaired) electrons. The van der Waals surface area contributed by atoms with E-state index in [0.717, 1.165) is 18.5 Å². The Kier molecular flexibility index (Phi) is 4.01. The molecule has 1 atom stereocenters. The van der Waals surface area contributed by atoms with Gasteiger partial charge in [0, 0.05) is 25.5 Å². The second-order valence-electron chi connectivity index (χ2n) is 6.00. The molecule has 3 aromatic rings. The number of likely N-dealkylation sites (tertiary alicyclic amines) is 1. The average molecular weight is 341 g/mol. The molecule has 0 bridgehead atoms. The minimum Gasteiger partial charge on any atom is -0.359 e. The summed E-state index contributed by atoms with van der Waals surface area (Å²) in [6.45, 7) is 1.13. The molecule has 4 heterocycles. The SMILES string of the molecule is O=C(c1ccc(F)nc1)N1CCC[C@H](c2nc(-c3ccc[nH]3)no2)C1. The van der Waals surface area contributed by atoms with Gasteiger partial charge < -0.3 is 14.4 Å². The Labute approximate surface area is 142 Å². The molecule has 0 unspecified atom stereocenters. The number of rotatable bonds is 3. The molecule has 1 aliphatic rings. The van der Waals surface area contributed by atoms with Gasteiger partial charge in [-0.25, -0.2) is 4.98 Å². The van der Waals surface area contributed by atoms with Crippen LogP contribution < -0.4 is 0 Å². The fourth-order valence-corrected chi connectivity index (χ4v) is 3.03. The van der Waals surface area contributed by atoms with Crippen LogP contribution in [-0.4, -0.2) is 44.0 Å². The van der Waals surface area contributed by atoms with Crippen molar-refractivity contribution in [2.45, 2.75) is 18.8 Å². The number of halogens is 1. The lowest BCUT2D eigenvalue weighted by Crippen LogP contribution is -2.39. The van der Waals surface area contributed by atoms with Crippen LogP contribution in [-0.2, 0) is 0 Å². The predicted octanol–water partition coefficient (Wildman–Crippen LogP) is 2.62. The van der Waals surface area contributed by atoms with E-state index >= 15 is 0 Å². The number of aromatic nitrogens is 4. The van der Waals surface area contributed by atoms with Crippen molar-refractivity contribution in [2.24, 2.45) is 0 Å². The van der Waals surface area contributed by atoms with Gasteiger partial charge >= 0.3 is 0 Å². The maximum atomic E-state index is 12.9. The van der Waals surface area contributed by atoms with Gasteiger partial charge in [-0.15, -0.1) is 0 Å². The Balaban J connectivity index is 1.49. The normalized spacial score (nSPS) is 17.6. The standard InChI is InChI=1S/C17H16FN5O2/c18-14-6-5-11(9-20-14)17(24)23-8-2-3-12(10-23)16-21-15(22-25-16)13-4-1-7-19-13/h1,4-7,9,12,19H,2-3,8,10H2/t12-/m0/s1. The molecule has 0 aromatic carbocycles. The summed E-state index contributed by atoms with van der Waals surface area (Å²) in [7, 11) is 0. The van der Waals surface area contributed by atoms with E-state index in [4.69, 9.17) is 4.52 Å². The highest BCUT2D eigenvalue weighted by molar-refractivity contribution is 5.94. The average Bonchev–Trinajstić information content (AvgIpc) is 3.33. The summed E-state index contributed by atoms with van der Waals surface area (Å²) in [5.74, 6) is 0.255. The van der Waals surface area contributed by atoms with Crippen LogP contribution in [0.4, 0.5) is 4.39 Å². The molecule has 4 rings (SSSR count). The number of amides is 1. The fraction of sp³-hybridized carbons (Fsp3) is 0.294. The van der Waals surface area contributed by atoms with E-state index in [1.807, 2.05) is 12.1 Å². The van der Waals surface area contributed by atoms with Gasteiger partial charge in [-0.3, -0.25) is 4.79 Å². The molecule has 0 spiro atoms. The predicted molar refractivity (Wildman–Crippen MR) is 86.2 cm³/mol. The van der Waals surface area contributed by atoms with Gasteiger partial charge in [-0.2, -0.15) is 9.37 Å². The van der Waals surface area contributed by atoms with Crippen LogP contribution in [0.15, 0.2) is 41.2 Å². The highest BCUT2D eigenvalue weighted by Gasteiger charge is 2.29. The van der Waals surface area contributed by atoms with Crippen molar-refractivity contribution < 1.29 is 13.7 Å². The number of nitrogens with one attached hydrogen (secondary N) is 1. The van der Waals surface area contributed by atoms with Crippen LogP contribution >= 0.6 is 0 Å². The molecule has 25 heavy (non-hydrogen) atoms. The van der Waals surface area contributed by atoms with E-state index in [-0.39, 0.29) is 11.8 Å². The summed E-state index contributed by atoms with van der Waals surface area (Å²) in [6.07, 6.45) is 4.77. The Morgan fingerprint density at radius 3 is 3.04 bits per heavy atom. The maximum Gasteiger partial charge on any atom is 0.255 e. The molecule has 128 valence electrons. The number of aromatic amines is 1. The third-order valence-electron chi connectivity index (χ3n) is 4.31. The monoisotopic (exact) mass is 341 g/mol. The first kappa shape index (κ1) is 15.5. The Hall–Kier alpha value is -3.03. The van der Waals surface area contributed by atoms with E-state index in [1.165, 1.54) is 18.3 Å². The number of H-pyrrole nitrogens is 1. The smallest absolute Gasteiger partial charge is 0.255 e. The molecular weight excluding hydrogens is 325 g/mol. The van der Waals surface area contributed by atoms with E-state index < -0.39 is 5.95 Å². The summed E-state index contributed by atoms with van der Waals surface area (Å²) < 4.78 is 18.3. The molecule has 1 amide bonds. The lowest BCUT2D eigenvalue weighted by atomic mass is 9.97. The van der Waals surface area contributed by atoms with Gasteiger partial charge in [0.15, 0.2) is 0 Å². The minimum absolute atomic E-state index is 0.0117. The summed E-state index contributed by atoms with van der Waals surface area (Å²) >= 11 is 0. The van der Waals surface area contributed by atoms with E-state index in [2.05, 4.69) is 20.1 Å². The van der Waals surface area contributed by atoms with Crippen molar-refractivity contribution in [3.05, 3.63) is 54.1 Å². The van der Waals surface area contributed by atoms with Crippen molar-refractivity contribution >= 4 is 5.91 Å². The highest BCUT2D eigenvalue weighted by Crippen LogP contribution is 2.28. The number of carbonyl (C=O) groups excluding carboxylic acids is 1. The van der Waals surface area contributed by atoms with Crippen LogP contribution in [0.5, 0.6) is 0 Å². The molecule has 0 aliphatic carbocycles. The number of piperidine rings is 1. The van der Waals surface area contributed by atoms with Gasteiger partial charge in [0.25, 0.3) is 5.91 Å². The number of hydrogen-bond donors (Lipinski definition) is 1. The van der Waals surface area contributed by atoms with Gasteiger partial charge in [-0.1, -0.05) is 5.16 Å². The number of pyridine rings is 1. The molecule has 1 fully saturated rings. The summed E-state index contributed by atoms with van der Waals surface area (Å²) in [5, 5.41) is 4.00. The summed E-state index contributed by atoms with van der Waals surface area (Å²) in [6, 6.07) is 6.37. The molecule has 1 N–H and O–H groups in total.